The lowest BCUT2D eigenvalue weighted by Crippen LogP contribution is -2.40. The van der Waals surface area contributed by atoms with Crippen LogP contribution in [0.1, 0.15) is 373 Å². The van der Waals surface area contributed by atoms with E-state index < -0.39 is 18.4 Å². The van der Waals surface area contributed by atoms with Crippen molar-refractivity contribution < 1.29 is 42.9 Å². The molecule has 0 aliphatic carbocycles. The second-order valence-corrected chi connectivity index (χ2v) is 28.3. The molecule has 0 rings (SSSR count). The van der Waals surface area contributed by atoms with Crippen LogP contribution in [0, 0.1) is 0 Å². The number of carboxylic acid groups (broad SMARTS) is 1. The van der Waals surface area contributed by atoms with Crippen molar-refractivity contribution in [2.45, 2.75) is 386 Å². The van der Waals surface area contributed by atoms with Crippen molar-refractivity contribution in [3.05, 3.63) is 97.2 Å². The first-order valence-corrected chi connectivity index (χ1v) is 40.4. The Morgan fingerprint density at radius 1 is 0.326 bits per heavy atom. The second kappa shape index (κ2) is 76.0. The number of carboxylic acids is 1. The van der Waals surface area contributed by atoms with E-state index in [0.29, 0.717) is 17.4 Å². The fourth-order valence-electron chi connectivity index (χ4n) is 11.7. The van der Waals surface area contributed by atoms with E-state index in [1.165, 1.54) is 263 Å². The molecule has 550 valence electrons. The highest BCUT2D eigenvalue weighted by Crippen LogP contribution is 2.19. The molecule has 0 heterocycles. The van der Waals surface area contributed by atoms with E-state index >= 15 is 0 Å². The van der Waals surface area contributed by atoms with E-state index in [-0.39, 0.29) is 38.2 Å². The molecule has 2 unspecified atom stereocenters. The number of nitrogens with zero attached hydrogens (tertiary/aromatic N) is 1. The third-order valence-electron chi connectivity index (χ3n) is 17.8. The lowest BCUT2D eigenvalue weighted by molar-refractivity contribution is -0.870. The van der Waals surface area contributed by atoms with Gasteiger partial charge in [0, 0.05) is 12.8 Å². The monoisotopic (exact) mass is 1330 g/mol. The summed E-state index contributed by atoms with van der Waals surface area (Å²) >= 11 is 0. The van der Waals surface area contributed by atoms with Crippen LogP contribution in [0.15, 0.2) is 97.2 Å². The Bertz CT molecular complexity index is 1890. The summed E-state index contributed by atoms with van der Waals surface area (Å²) in [6.45, 7) is 4.81. The summed E-state index contributed by atoms with van der Waals surface area (Å²) in [5.74, 6) is -1.98. The second-order valence-electron chi connectivity index (χ2n) is 28.3. The number of aliphatic carboxylic acids is 1. The molecule has 0 saturated heterocycles. The summed E-state index contributed by atoms with van der Waals surface area (Å²) in [7, 11) is 5.99. The molecule has 9 heteroatoms. The molecule has 0 aliphatic heterocycles. The van der Waals surface area contributed by atoms with Crippen LogP contribution in [0.2, 0.25) is 0 Å². The minimum Gasteiger partial charge on any atom is -0.477 e. The van der Waals surface area contributed by atoms with Gasteiger partial charge in [0.1, 0.15) is 13.2 Å². The molecule has 0 radical (unpaired) electrons. The van der Waals surface area contributed by atoms with Gasteiger partial charge in [-0.05, 0) is 96.3 Å². The van der Waals surface area contributed by atoms with Crippen LogP contribution in [-0.4, -0.2) is 87.4 Å². The van der Waals surface area contributed by atoms with Gasteiger partial charge in [-0.3, -0.25) is 9.59 Å². The van der Waals surface area contributed by atoms with Gasteiger partial charge in [-0.1, -0.05) is 361 Å². The third-order valence-corrected chi connectivity index (χ3v) is 17.8. The average molecular weight is 1330 g/mol. The molecule has 0 amide bonds. The van der Waals surface area contributed by atoms with E-state index in [9.17, 15) is 19.5 Å². The Hall–Kier alpha value is -3.79. The molecule has 1 N–H and O–H groups in total. The van der Waals surface area contributed by atoms with Gasteiger partial charge >= 0.3 is 17.9 Å². The number of carbonyl (C=O) groups excluding carboxylic acids is 2. The summed E-state index contributed by atoms with van der Waals surface area (Å²) in [4.78, 5) is 37.8. The number of unbranched alkanes of at least 4 members (excludes halogenated alkanes) is 44. The van der Waals surface area contributed by atoms with Gasteiger partial charge in [0.25, 0.3) is 6.29 Å². The van der Waals surface area contributed by atoms with E-state index in [1.807, 2.05) is 21.1 Å². The Morgan fingerprint density at radius 3 is 0.895 bits per heavy atom. The van der Waals surface area contributed by atoms with Crippen LogP contribution >= 0.6 is 0 Å². The summed E-state index contributed by atoms with van der Waals surface area (Å²) < 4.78 is 23.1. The van der Waals surface area contributed by atoms with Crippen molar-refractivity contribution in [2.75, 3.05) is 47.5 Å². The Balaban J connectivity index is 4.00. The normalized spacial score (nSPS) is 13.1. The van der Waals surface area contributed by atoms with E-state index in [4.69, 9.17) is 18.9 Å². The van der Waals surface area contributed by atoms with Crippen LogP contribution in [0.5, 0.6) is 0 Å². The van der Waals surface area contributed by atoms with Crippen LogP contribution in [0.4, 0.5) is 0 Å². The fourth-order valence-corrected chi connectivity index (χ4v) is 11.7. The maximum absolute atomic E-state index is 13.0. The molecular formula is C86H154NO8+. The molecule has 0 aromatic rings. The molecule has 0 fully saturated rings. The van der Waals surface area contributed by atoms with Gasteiger partial charge in [0.2, 0.25) is 0 Å². The highest BCUT2D eigenvalue weighted by atomic mass is 16.7. The molecule has 0 aromatic carbocycles. The first-order chi connectivity index (χ1) is 46.6. The van der Waals surface area contributed by atoms with Crippen molar-refractivity contribution in [1.29, 1.82) is 0 Å². The lowest BCUT2D eigenvalue weighted by Gasteiger charge is -2.25. The van der Waals surface area contributed by atoms with Crippen LogP contribution in [-0.2, 0) is 33.3 Å². The van der Waals surface area contributed by atoms with Crippen molar-refractivity contribution in [1.82, 2.24) is 0 Å². The van der Waals surface area contributed by atoms with E-state index in [2.05, 4.69) is 111 Å². The smallest absolute Gasteiger partial charge is 0.361 e. The standard InChI is InChI=1S/C86H153NO8/c1-6-8-10-12-14-16-18-20-22-24-26-28-30-32-34-36-38-40-41-42-43-45-47-49-51-53-55-57-59-61-63-65-67-69-71-73-75-77-84(89)95-82(81-94-86(85(90)91)92-79-78-87(3,4)5)80-93-83(88)76-74-72-70-68-66-64-62-60-58-56-54-52-50-48-46-44-39-37-35-33-31-29-27-25-23-21-19-17-15-13-11-9-7-2/h8,10,14,16,19-22,25-28,32,34,38,40,82,86H,6-7,9,11-13,15,17-18,23-24,29-31,33,35-37,39,41-81H2,1-5H3/p+1/b10-8-,16-14-,21-19-,22-20-,27-25-,28-26-,34-32-,40-38-. The van der Waals surface area contributed by atoms with Gasteiger partial charge in [-0.2, -0.15) is 0 Å². The number of likely N-dealkylation sites (N-methyl/N-ethyl adjacent to an activating group) is 1. The van der Waals surface area contributed by atoms with Crippen molar-refractivity contribution in [3.8, 4) is 0 Å². The van der Waals surface area contributed by atoms with Crippen LogP contribution in [0.3, 0.4) is 0 Å². The zero-order valence-electron chi connectivity index (χ0n) is 63.1. The summed E-state index contributed by atoms with van der Waals surface area (Å²) in [6.07, 6.45) is 103. The van der Waals surface area contributed by atoms with Gasteiger partial charge in [0.15, 0.2) is 6.10 Å². The van der Waals surface area contributed by atoms with E-state index in [1.54, 1.807) is 0 Å². The van der Waals surface area contributed by atoms with Gasteiger partial charge < -0.3 is 28.5 Å². The van der Waals surface area contributed by atoms with Crippen LogP contribution < -0.4 is 0 Å². The summed E-state index contributed by atoms with van der Waals surface area (Å²) in [5, 5.41) is 9.78. The first kappa shape index (κ1) is 91.2. The molecule has 95 heavy (non-hydrogen) atoms. The summed E-state index contributed by atoms with van der Waals surface area (Å²) in [6, 6.07) is 0. The SMILES string of the molecule is CC/C=C\C/C=C\C/C=C\C/C=C\C/C=C\C/C=C\CCCCCCCCCCCCCCCCCCCCC(=O)OC(COC(=O)CCCCCCCCCCCCCCCCCCCCCCC/C=C\C/C=C\CCCCCCC)COC(OCC[N+](C)(C)C)C(=O)O. The van der Waals surface area contributed by atoms with Crippen molar-refractivity contribution in [3.63, 3.8) is 0 Å². The van der Waals surface area contributed by atoms with Gasteiger partial charge in [-0.15, -0.1) is 0 Å². The molecule has 0 spiro atoms. The fraction of sp³-hybridized carbons (Fsp3) is 0.779. The molecule has 9 nitrogen and oxygen atoms in total. The molecule has 0 bridgehead atoms. The molecule has 2 atom stereocenters. The maximum atomic E-state index is 13.0. The van der Waals surface area contributed by atoms with Gasteiger partial charge in [-0.25, -0.2) is 4.79 Å². The average Bonchev–Trinajstić information content (AvgIpc) is 3.75. The largest absolute Gasteiger partial charge is 0.477 e. The van der Waals surface area contributed by atoms with E-state index in [0.717, 1.165) is 83.5 Å². The molecule has 0 saturated carbocycles. The van der Waals surface area contributed by atoms with Gasteiger partial charge in [0.05, 0.1) is 34.4 Å². The number of esters is 2. The topological polar surface area (TPSA) is 108 Å². The number of hydrogen-bond donors (Lipinski definition) is 1. The number of hydrogen-bond acceptors (Lipinski definition) is 7. The maximum Gasteiger partial charge on any atom is 0.361 e. The number of ether oxygens (including phenoxy) is 4. The number of allylic oxidation sites excluding steroid dienone is 16. The lowest BCUT2D eigenvalue weighted by atomic mass is 10.0. The molecular weight excluding hydrogens is 1170 g/mol. The van der Waals surface area contributed by atoms with Crippen molar-refractivity contribution >= 4 is 17.9 Å². The highest BCUT2D eigenvalue weighted by molar-refractivity contribution is 5.71. The highest BCUT2D eigenvalue weighted by Gasteiger charge is 2.25. The zero-order valence-corrected chi connectivity index (χ0v) is 63.1. The zero-order chi connectivity index (χ0) is 69.0. The van der Waals surface area contributed by atoms with Crippen LogP contribution in [0.25, 0.3) is 0 Å². The number of quaternary nitrogens is 1. The minimum absolute atomic E-state index is 0.180. The molecule has 0 aliphatic rings. The number of carbonyl (C=O) groups is 3. The third kappa shape index (κ3) is 77.4. The number of rotatable bonds is 75. The predicted molar refractivity (Wildman–Crippen MR) is 410 cm³/mol. The quantitative estimate of drug-likeness (QED) is 0.0211. The molecule has 0 aromatic heterocycles. The Kier molecular flexibility index (Phi) is 72.9. The Labute approximate surface area is 588 Å². The van der Waals surface area contributed by atoms with Crippen molar-refractivity contribution in [2.24, 2.45) is 0 Å². The summed E-state index contributed by atoms with van der Waals surface area (Å²) in [5.41, 5.74) is 0. The first-order valence-electron chi connectivity index (χ1n) is 40.4. The Morgan fingerprint density at radius 2 is 0.600 bits per heavy atom. The minimum atomic E-state index is -1.51. The predicted octanol–water partition coefficient (Wildman–Crippen LogP) is 25.9.